The van der Waals surface area contributed by atoms with Crippen LogP contribution in [0, 0.1) is 0 Å². The number of rotatable bonds is 7. The zero-order valence-corrected chi connectivity index (χ0v) is 21.1. The van der Waals surface area contributed by atoms with Crippen LogP contribution in [0.4, 0.5) is 0 Å². The number of nitrogens with one attached hydrogen (secondary N) is 2. The van der Waals surface area contributed by atoms with Gasteiger partial charge in [0.1, 0.15) is 0 Å². The summed E-state index contributed by atoms with van der Waals surface area (Å²) < 4.78 is 28.1. The number of benzene rings is 1. The summed E-state index contributed by atoms with van der Waals surface area (Å²) in [5, 5.41) is 5.69. The van der Waals surface area contributed by atoms with Gasteiger partial charge in [-0.15, -0.1) is 11.3 Å². The molecule has 0 radical (unpaired) electrons. The van der Waals surface area contributed by atoms with Crippen LogP contribution in [0.25, 0.3) is 5.69 Å². The van der Waals surface area contributed by atoms with Gasteiger partial charge in [0.05, 0.1) is 27.1 Å². The molecule has 35 heavy (non-hydrogen) atoms. The van der Waals surface area contributed by atoms with E-state index in [2.05, 4.69) is 10.6 Å². The van der Waals surface area contributed by atoms with Crippen molar-refractivity contribution in [2.45, 2.75) is 19.0 Å². The molecule has 4 rings (SSSR count). The minimum atomic E-state index is -3.52. The minimum absolute atomic E-state index is 0.0373. The quantitative estimate of drug-likeness (QED) is 0.481. The van der Waals surface area contributed by atoms with Crippen molar-refractivity contribution in [3.63, 3.8) is 0 Å². The van der Waals surface area contributed by atoms with E-state index in [0.717, 1.165) is 11.3 Å². The molecule has 0 bridgehead atoms. The first-order valence-corrected chi connectivity index (χ1v) is 13.6. The third-order valence-electron chi connectivity index (χ3n) is 5.70. The first-order valence-electron chi connectivity index (χ1n) is 10.8. The van der Waals surface area contributed by atoms with Gasteiger partial charge in [-0.3, -0.25) is 19.0 Å². The van der Waals surface area contributed by atoms with Crippen molar-refractivity contribution < 1.29 is 18.0 Å². The highest BCUT2D eigenvalue weighted by Gasteiger charge is 2.40. The second-order valence-corrected chi connectivity index (χ2v) is 11.9. The number of sulfonamides is 1. The molecule has 1 fully saturated rings. The number of aromatic nitrogens is 1. The molecule has 184 valence electrons. The monoisotopic (exact) mass is 534 g/mol. The molecule has 1 aromatic carbocycles. The van der Waals surface area contributed by atoms with Crippen molar-refractivity contribution in [1.82, 2.24) is 19.5 Å². The summed E-state index contributed by atoms with van der Waals surface area (Å²) >= 11 is 7.03. The van der Waals surface area contributed by atoms with Gasteiger partial charge >= 0.3 is 0 Å². The van der Waals surface area contributed by atoms with Crippen LogP contribution in [0.5, 0.6) is 0 Å². The fraction of sp³-hybridized carbons (Fsp3) is 0.261. The Bertz CT molecular complexity index is 1400. The molecule has 0 saturated carbocycles. The van der Waals surface area contributed by atoms with E-state index in [1.165, 1.54) is 14.9 Å². The molecule has 9 nitrogen and oxygen atoms in total. The first-order chi connectivity index (χ1) is 16.7. The Kier molecular flexibility index (Phi) is 7.41. The van der Waals surface area contributed by atoms with Crippen LogP contribution in [0.1, 0.15) is 27.0 Å². The van der Waals surface area contributed by atoms with E-state index in [0.29, 0.717) is 20.5 Å². The number of thiophene rings is 1. The highest BCUT2D eigenvalue weighted by Crippen LogP contribution is 2.22. The lowest BCUT2D eigenvalue weighted by Crippen LogP contribution is -2.50. The Balaban J connectivity index is 1.51. The summed E-state index contributed by atoms with van der Waals surface area (Å²) in [6.45, 7) is 1.62. The number of halogens is 1. The Morgan fingerprint density at radius 3 is 2.23 bits per heavy atom. The number of hydrogen-bond acceptors (Lipinski definition) is 6. The summed E-state index contributed by atoms with van der Waals surface area (Å²) in [4.78, 5) is 38.1. The molecule has 3 heterocycles. The van der Waals surface area contributed by atoms with E-state index >= 15 is 0 Å². The van der Waals surface area contributed by atoms with Crippen LogP contribution in [0.15, 0.2) is 65.6 Å². The number of pyridine rings is 1. The van der Waals surface area contributed by atoms with Crippen LogP contribution in [-0.2, 0) is 10.0 Å². The average Bonchev–Trinajstić information content (AvgIpc) is 3.46. The second kappa shape index (κ2) is 10.3. The van der Waals surface area contributed by atoms with Gasteiger partial charge in [0.2, 0.25) is 10.0 Å². The molecular weight excluding hydrogens is 512 g/mol. The molecular formula is C23H23ClN4O5S2. The van der Waals surface area contributed by atoms with E-state index in [1.807, 2.05) is 0 Å². The van der Waals surface area contributed by atoms with Gasteiger partial charge < -0.3 is 10.6 Å². The molecule has 2 unspecified atom stereocenters. The predicted molar refractivity (Wildman–Crippen MR) is 135 cm³/mol. The topological polar surface area (TPSA) is 118 Å². The van der Waals surface area contributed by atoms with E-state index in [4.69, 9.17) is 11.6 Å². The molecule has 2 atom stereocenters. The number of carbonyl (C=O) groups excluding carboxylic acids is 2. The van der Waals surface area contributed by atoms with Crippen LogP contribution in [0.3, 0.4) is 0 Å². The highest BCUT2D eigenvalue weighted by atomic mass is 35.5. The van der Waals surface area contributed by atoms with Gasteiger partial charge in [0, 0.05) is 36.6 Å². The van der Waals surface area contributed by atoms with Crippen LogP contribution in [0.2, 0.25) is 4.34 Å². The standard InChI is InChI=1S/C23H23ClN4O5S2/c1-2-35(32,33)27-13-17(18(14-27)26-23(31)19-10-11-20(24)34-19)25-22(30)15-6-8-16(9-7-15)28-12-4-3-5-21(28)29/h3-12,17-18H,2,13-14H2,1H3,(H,25,30)(H,26,31). The molecule has 0 aliphatic carbocycles. The maximum Gasteiger partial charge on any atom is 0.261 e. The summed E-state index contributed by atoms with van der Waals surface area (Å²) in [5.74, 6) is -0.898. The zero-order valence-electron chi connectivity index (χ0n) is 18.7. The maximum absolute atomic E-state index is 13.0. The zero-order chi connectivity index (χ0) is 25.2. The molecule has 3 aromatic rings. The lowest BCUT2D eigenvalue weighted by atomic mass is 10.1. The maximum atomic E-state index is 13.0. The van der Waals surface area contributed by atoms with E-state index in [1.54, 1.807) is 61.7 Å². The van der Waals surface area contributed by atoms with Gasteiger partial charge in [0.25, 0.3) is 17.4 Å². The lowest BCUT2D eigenvalue weighted by molar-refractivity contribution is 0.0898. The molecule has 1 aliphatic heterocycles. The smallest absolute Gasteiger partial charge is 0.261 e. The third-order valence-corrected chi connectivity index (χ3v) is 8.75. The van der Waals surface area contributed by atoms with Gasteiger partial charge in [-0.2, -0.15) is 4.31 Å². The summed E-state index contributed by atoms with van der Waals surface area (Å²) in [6, 6.07) is 13.2. The predicted octanol–water partition coefficient (Wildman–Crippen LogP) is 2.11. The van der Waals surface area contributed by atoms with E-state index in [-0.39, 0.29) is 30.3 Å². The second-order valence-electron chi connectivity index (χ2n) is 7.94. The van der Waals surface area contributed by atoms with Gasteiger partial charge in [-0.1, -0.05) is 17.7 Å². The SMILES string of the molecule is CCS(=O)(=O)N1CC(NC(=O)c2ccc(-n3ccccc3=O)cc2)C(NC(=O)c2ccc(Cl)s2)C1. The molecule has 0 spiro atoms. The van der Waals surface area contributed by atoms with Crippen molar-refractivity contribution in [3.8, 4) is 5.69 Å². The normalized spacial score (nSPS) is 18.3. The molecule has 1 saturated heterocycles. The fourth-order valence-electron chi connectivity index (χ4n) is 3.81. The highest BCUT2D eigenvalue weighted by molar-refractivity contribution is 7.89. The number of nitrogens with zero attached hydrogens (tertiary/aromatic N) is 2. The molecule has 1 aliphatic rings. The number of amides is 2. The van der Waals surface area contributed by atoms with Crippen molar-refractivity contribution in [2.24, 2.45) is 0 Å². The first kappa shape index (κ1) is 25.1. The molecule has 12 heteroatoms. The van der Waals surface area contributed by atoms with Crippen LogP contribution < -0.4 is 16.2 Å². The Labute approximate surface area is 211 Å². The largest absolute Gasteiger partial charge is 0.346 e. The summed E-state index contributed by atoms with van der Waals surface area (Å²) in [5.41, 5.74) is 0.746. The van der Waals surface area contributed by atoms with Crippen molar-refractivity contribution in [1.29, 1.82) is 0 Å². The number of carbonyl (C=O) groups is 2. The Hall–Kier alpha value is -2.99. The lowest BCUT2D eigenvalue weighted by Gasteiger charge is -2.21. The van der Waals surface area contributed by atoms with E-state index < -0.39 is 28.0 Å². The van der Waals surface area contributed by atoms with Gasteiger partial charge in [-0.05, 0) is 49.4 Å². The average molecular weight is 535 g/mol. The summed E-state index contributed by atoms with van der Waals surface area (Å²) in [7, 11) is -3.52. The van der Waals surface area contributed by atoms with Crippen LogP contribution in [-0.4, -0.2) is 60.0 Å². The van der Waals surface area contributed by atoms with Crippen molar-refractivity contribution in [3.05, 3.63) is 85.9 Å². The van der Waals surface area contributed by atoms with E-state index in [9.17, 15) is 22.8 Å². The number of hydrogen-bond donors (Lipinski definition) is 2. The third kappa shape index (κ3) is 5.64. The van der Waals surface area contributed by atoms with Gasteiger partial charge in [0.15, 0.2) is 0 Å². The fourth-order valence-corrected chi connectivity index (χ4v) is 5.90. The molecule has 2 aromatic heterocycles. The van der Waals surface area contributed by atoms with Crippen molar-refractivity contribution >= 4 is 44.8 Å². The summed E-state index contributed by atoms with van der Waals surface area (Å²) in [6.07, 6.45) is 1.63. The van der Waals surface area contributed by atoms with Gasteiger partial charge in [-0.25, -0.2) is 8.42 Å². The Morgan fingerprint density at radius 1 is 1.00 bits per heavy atom. The Morgan fingerprint density at radius 2 is 1.66 bits per heavy atom. The van der Waals surface area contributed by atoms with Crippen molar-refractivity contribution in [2.75, 3.05) is 18.8 Å². The molecule has 2 amide bonds. The van der Waals surface area contributed by atoms with Crippen LogP contribution >= 0.6 is 22.9 Å². The minimum Gasteiger partial charge on any atom is -0.346 e. The molecule has 2 N–H and O–H groups in total.